The lowest BCUT2D eigenvalue weighted by Crippen LogP contribution is -2.48. The van der Waals surface area contributed by atoms with E-state index in [4.69, 9.17) is 4.65 Å². The van der Waals surface area contributed by atoms with Crippen molar-refractivity contribution < 1.29 is 9.76 Å². The van der Waals surface area contributed by atoms with Crippen LogP contribution in [-0.4, -0.2) is 23.8 Å². The predicted molar refractivity (Wildman–Crippen MR) is 150 cm³/mol. The summed E-state index contributed by atoms with van der Waals surface area (Å²) in [5.41, 5.74) is 4.88. The average molecular weight is 503 g/mol. The van der Waals surface area contributed by atoms with Gasteiger partial charge in [-0.1, -0.05) is 77.9 Å². The van der Waals surface area contributed by atoms with E-state index in [0.717, 1.165) is 5.47 Å². The quantitative estimate of drug-likeness (QED) is 0.416. The molecule has 0 bridgehead atoms. The van der Waals surface area contributed by atoms with Gasteiger partial charge in [0.1, 0.15) is 0 Å². The van der Waals surface area contributed by atoms with E-state index in [9.17, 15) is 10.4 Å². The van der Waals surface area contributed by atoms with Crippen LogP contribution in [0.15, 0.2) is 100 Å². The summed E-state index contributed by atoms with van der Waals surface area (Å²) < 4.78 is 6.29. The molecule has 2 aliphatic carbocycles. The Morgan fingerprint density at radius 2 is 1.65 bits per heavy atom. The highest BCUT2D eigenvalue weighted by atomic mass is 32.2. The molecule has 1 heterocycles. The molecule has 37 heavy (non-hydrogen) atoms. The zero-order valence-electron chi connectivity index (χ0n) is 21.7. The van der Waals surface area contributed by atoms with Gasteiger partial charge in [0, 0.05) is 21.6 Å². The first-order valence-electron chi connectivity index (χ1n) is 12.8. The Kier molecular flexibility index (Phi) is 5.58. The largest absolute Gasteiger partial charge is 0.427 e. The van der Waals surface area contributed by atoms with E-state index in [1.807, 2.05) is 19.9 Å². The molecule has 5 heteroatoms. The van der Waals surface area contributed by atoms with Gasteiger partial charge in [-0.2, -0.15) is 5.26 Å². The maximum absolute atomic E-state index is 10.6. The molecule has 3 aromatic carbocycles. The molecule has 0 amide bonds. The van der Waals surface area contributed by atoms with Crippen molar-refractivity contribution >= 4 is 19.2 Å². The van der Waals surface area contributed by atoms with Gasteiger partial charge in [0.25, 0.3) is 0 Å². The lowest BCUT2D eigenvalue weighted by Gasteiger charge is -2.44. The van der Waals surface area contributed by atoms with Gasteiger partial charge in [0.05, 0.1) is 28.2 Å². The first-order chi connectivity index (χ1) is 17.7. The highest BCUT2D eigenvalue weighted by molar-refractivity contribution is 7.99. The first kappa shape index (κ1) is 24.3. The number of nitriles is 1. The van der Waals surface area contributed by atoms with E-state index < -0.39 is 16.6 Å². The van der Waals surface area contributed by atoms with Crippen LogP contribution >= 0.6 is 11.8 Å². The Labute approximate surface area is 224 Å². The van der Waals surface area contributed by atoms with Crippen molar-refractivity contribution in [2.75, 3.05) is 0 Å². The standard InChI is InChI=1S/C32H30BNO2S/c1-30(2,35)31(3,4)36-33-21-14-15-23-22-9-5-6-10-24(22)32(26(23)18-21)25-11-7-8-12-28(25)37-29-16-13-20(19-34)17-27(29)32/h5-18,23,26,33,35H,1-4H3. The van der Waals surface area contributed by atoms with Gasteiger partial charge in [0.15, 0.2) is 0 Å². The van der Waals surface area contributed by atoms with Crippen LogP contribution in [0.5, 0.6) is 0 Å². The lowest BCUT2D eigenvalue weighted by atomic mass is 9.61. The van der Waals surface area contributed by atoms with Crippen molar-refractivity contribution in [2.24, 2.45) is 5.92 Å². The summed E-state index contributed by atoms with van der Waals surface area (Å²) >= 11 is 1.79. The van der Waals surface area contributed by atoms with Gasteiger partial charge < -0.3 is 9.76 Å². The van der Waals surface area contributed by atoms with Crippen molar-refractivity contribution in [3.63, 3.8) is 0 Å². The van der Waals surface area contributed by atoms with Crippen LogP contribution in [0, 0.1) is 17.2 Å². The van der Waals surface area contributed by atoms with Gasteiger partial charge in [0.2, 0.25) is 0 Å². The molecule has 3 nitrogen and oxygen atoms in total. The Morgan fingerprint density at radius 1 is 0.946 bits per heavy atom. The Balaban J connectivity index is 1.56. The summed E-state index contributed by atoms with van der Waals surface area (Å²) in [5, 5.41) is 20.4. The molecular weight excluding hydrogens is 473 g/mol. The smallest absolute Gasteiger partial charge is 0.309 e. The van der Waals surface area contributed by atoms with Gasteiger partial charge in [-0.25, -0.2) is 0 Å². The maximum Gasteiger partial charge on any atom is 0.309 e. The second-order valence-corrected chi connectivity index (χ2v) is 12.4. The SMILES string of the molecule is CC(C)(O)C(C)(C)OBC1=CC2C(C=C1)c1ccccc1C21c2ccccc2Sc2ccc(C#N)cc21. The predicted octanol–water partition coefficient (Wildman–Crippen LogP) is 6.44. The van der Waals surface area contributed by atoms with Crippen LogP contribution in [0.2, 0.25) is 0 Å². The fourth-order valence-corrected chi connectivity index (χ4v) is 7.27. The Morgan fingerprint density at radius 3 is 2.41 bits per heavy atom. The molecule has 184 valence electrons. The van der Waals surface area contributed by atoms with Gasteiger partial charge >= 0.3 is 7.48 Å². The Hall–Kier alpha value is -3.04. The minimum Gasteiger partial charge on any atom is -0.427 e. The third-order valence-electron chi connectivity index (χ3n) is 8.68. The molecule has 1 aliphatic heterocycles. The Bertz CT molecular complexity index is 1510. The van der Waals surface area contributed by atoms with Crippen LogP contribution in [0.25, 0.3) is 0 Å². The molecule has 3 aliphatic rings. The molecule has 3 aromatic rings. The van der Waals surface area contributed by atoms with Crippen LogP contribution in [-0.2, 0) is 10.1 Å². The molecule has 1 spiro atoms. The summed E-state index contributed by atoms with van der Waals surface area (Å²) in [7, 11) is 0.421. The van der Waals surface area contributed by atoms with E-state index in [0.29, 0.717) is 13.0 Å². The second kappa shape index (κ2) is 8.50. The molecule has 0 saturated carbocycles. The fourth-order valence-electron chi connectivity index (χ4n) is 6.08. The molecule has 0 radical (unpaired) electrons. The number of allylic oxidation sites excluding steroid dienone is 4. The zero-order chi connectivity index (χ0) is 26.0. The number of benzene rings is 3. The molecule has 0 saturated heterocycles. The van der Waals surface area contributed by atoms with E-state index in [1.54, 1.807) is 25.6 Å². The zero-order valence-corrected chi connectivity index (χ0v) is 22.5. The van der Waals surface area contributed by atoms with Crippen LogP contribution in [0.4, 0.5) is 0 Å². The topological polar surface area (TPSA) is 53.2 Å². The summed E-state index contributed by atoms with van der Waals surface area (Å²) in [5.74, 6) is 0.352. The lowest BCUT2D eigenvalue weighted by molar-refractivity contribution is -0.0896. The van der Waals surface area contributed by atoms with Gasteiger partial charge in [-0.3, -0.25) is 0 Å². The molecule has 6 rings (SSSR count). The number of hydrogen-bond acceptors (Lipinski definition) is 4. The molecule has 0 aromatic heterocycles. The number of hydrogen-bond donors (Lipinski definition) is 1. The highest BCUT2D eigenvalue weighted by Crippen LogP contribution is 2.64. The first-order valence-corrected chi connectivity index (χ1v) is 13.6. The summed E-state index contributed by atoms with van der Waals surface area (Å²) in [6.07, 6.45) is 6.90. The van der Waals surface area contributed by atoms with E-state index in [-0.39, 0.29) is 11.8 Å². The molecule has 0 fully saturated rings. The third-order valence-corrected chi connectivity index (χ3v) is 9.83. The van der Waals surface area contributed by atoms with Crippen LogP contribution < -0.4 is 0 Å². The van der Waals surface area contributed by atoms with Crippen molar-refractivity contribution in [1.82, 2.24) is 0 Å². The van der Waals surface area contributed by atoms with Crippen LogP contribution in [0.3, 0.4) is 0 Å². The number of nitrogens with zero attached hydrogens (tertiary/aromatic N) is 1. The van der Waals surface area contributed by atoms with Gasteiger partial charge in [-0.05, 0) is 74.2 Å². The minimum atomic E-state index is -0.967. The average Bonchev–Trinajstić information content (AvgIpc) is 3.17. The van der Waals surface area contributed by atoms with E-state index >= 15 is 0 Å². The van der Waals surface area contributed by atoms with Crippen molar-refractivity contribution in [2.45, 2.75) is 60.0 Å². The molecular formula is C32H30BNO2S. The molecule has 1 N–H and O–H groups in total. The van der Waals surface area contributed by atoms with E-state index in [2.05, 4.69) is 85.0 Å². The fraction of sp³-hybridized carbons (Fsp3) is 0.281. The number of rotatable bonds is 4. The maximum atomic E-state index is 10.6. The summed E-state index contributed by atoms with van der Waals surface area (Å²) in [6, 6.07) is 26.1. The second-order valence-electron chi connectivity index (χ2n) is 11.3. The summed E-state index contributed by atoms with van der Waals surface area (Å²) in [4.78, 5) is 2.47. The normalized spacial score (nSPS) is 23.4. The summed E-state index contributed by atoms with van der Waals surface area (Å²) in [6.45, 7) is 7.45. The number of fused-ring (bicyclic) bond motifs is 9. The van der Waals surface area contributed by atoms with Crippen molar-refractivity contribution in [3.05, 3.63) is 118 Å². The molecule has 3 atom stereocenters. The highest BCUT2D eigenvalue weighted by Gasteiger charge is 2.56. The number of aliphatic hydroxyl groups is 1. The van der Waals surface area contributed by atoms with Gasteiger partial charge in [-0.15, -0.1) is 0 Å². The monoisotopic (exact) mass is 503 g/mol. The van der Waals surface area contributed by atoms with E-state index in [1.165, 1.54) is 32.0 Å². The third kappa shape index (κ3) is 3.58. The van der Waals surface area contributed by atoms with Crippen molar-refractivity contribution in [1.29, 1.82) is 5.26 Å². The molecule has 3 unspecified atom stereocenters. The minimum absolute atomic E-state index is 0.133. The van der Waals surface area contributed by atoms with Crippen LogP contribution in [0.1, 0.15) is 61.4 Å². The van der Waals surface area contributed by atoms with Crippen molar-refractivity contribution in [3.8, 4) is 6.07 Å².